The Bertz CT molecular complexity index is 715. The second kappa shape index (κ2) is 8.88. The van der Waals surface area contributed by atoms with Crippen LogP contribution in [0, 0.1) is 6.92 Å². The van der Waals surface area contributed by atoms with Gasteiger partial charge >= 0.3 is 0 Å². The predicted molar refractivity (Wildman–Crippen MR) is 101 cm³/mol. The number of aryl methyl sites for hydroxylation is 1. The summed E-state index contributed by atoms with van der Waals surface area (Å²) < 4.78 is 11.4. The van der Waals surface area contributed by atoms with Crippen LogP contribution in [0.1, 0.15) is 16.7 Å². The van der Waals surface area contributed by atoms with Crippen molar-refractivity contribution in [3.8, 4) is 11.5 Å². The summed E-state index contributed by atoms with van der Waals surface area (Å²) in [6.45, 7) is 2.51. The summed E-state index contributed by atoms with van der Waals surface area (Å²) in [7, 11) is 3.34. The molecule has 126 valence electrons. The fraction of sp³-hybridized carbons (Fsp3) is 0.222. The molecule has 0 heterocycles. The summed E-state index contributed by atoms with van der Waals surface area (Å²) in [5, 5.41) is 7.33. The monoisotopic (exact) mass is 343 g/mol. The Kier molecular flexibility index (Phi) is 6.57. The van der Waals surface area contributed by atoms with Crippen molar-refractivity contribution in [1.29, 1.82) is 0 Å². The molecule has 0 saturated carbocycles. The van der Waals surface area contributed by atoms with Gasteiger partial charge in [-0.2, -0.15) is 5.10 Å². The molecule has 0 radical (unpaired) electrons. The summed E-state index contributed by atoms with van der Waals surface area (Å²) in [4.78, 5) is 0. The first-order valence-corrected chi connectivity index (χ1v) is 7.91. The number of nitrogens with zero attached hydrogens (tertiary/aromatic N) is 1. The van der Waals surface area contributed by atoms with Gasteiger partial charge in [0.2, 0.25) is 0 Å². The first-order valence-electron chi connectivity index (χ1n) is 7.50. The van der Waals surface area contributed by atoms with Crippen LogP contribution in [0.4, 0.5) is 0 Å². The normalized spacial score (nSPS) is 10.5. The molecule has 2 N–H and O–H groups in total. The van der Waals surface area contributed by atoms with Gasteiger partial charge in [-0.1, -0.05) is 35.9 Å². The van der Waals surface area contributed by atoms with E-state index in [1.54, 1.807) is 20.4 Å². The number of thiocarbonyl (C=S) groups is 1. The molecule has 0 saturated heterocycles. The standard InChI is InChI=1S/C18H21N3O2S/c1-13-7-9-14(10-8-13)12-23-17-15(5-4-6-16(17)22-3)11-20-21-18(24)19-2/h4-11H,12H2,1-3H3,(H2,19,21,24)/b20-11+. The number of hydrazone groups is 1. The fourth-order valence-corrected chi connectivity index (χ4v) is 2.06. The number of nitrogens with one attached hydrogen (secondary N) is 2. The largest absolute Gasteiger partial charge is 0.493 e. The maximum Gasteiger partial charge on any atom is 0.186 e. The minimum Gasteiger partial charge on any atom is -0.493 e. The van der Waals surface area contributed by atoms with Crippen molar-refractivity contribution in [3.63, 3.8) is 0 Å². The van der Waals surface area contributed by atoms with Gasteiger partial charge in [0.25, 0.3) is 0 Å². The Morgan fingerprint density at radius 1 is 1.21 bits per heavy atom. The minimum atomic E-state index is 0.441. The molecule has 2 aromatic carbocycles. The molecule has 6 heteroatoms. The number of benzene rings is 2. The van der Waals surface area contributed by atoms with Crippen LogP contribution in [0.2, 0.25) is 0 Å². The number of rotatable bonds is 6. The highest BCUT2D eigenvalue weighted by atomic mass is 32.1. The van der Waals surface area contributed by atoms with E-state index in [9.17, 15) is 0 Å². The predicted octanol–water partition coefficient (Wildman–Crippen LogP) is 3.01. The topological polar surface area (TPSA) is 54.9 Å². The summed E-state index contributed by atoms with van der Waals surface area (Å²) in [5.74, 6) is 1.30. The van der Waals surface area contributed by atoms with Gasteiger partial charge < -0.3 is 14.8 Å². The molecule has 0 fully saturated rings. The van der Waals surface area contributed by atoms with Gasteiger partial charge in [-0.3, -0.25) is 5.43 Å². The van der Waals surface area contributed by atoms with Gasteiger partial charge in [-0.15, -0.1) is 0 Å². The second-order valence-corrected chi connectivity index (χ2v) is 5.51. The lowest BCUT2D eigenvalue weighted by Gasteiger charge is -2.13. The molecule has 2 aromatic rings. The quantitative estimate of drug-likeness (QED) is 0.480. The molecule has 0 amide bonds. The van der Waals surface area contributed by atoms with E-state index in [1.165, 1.54) is 5.56 Å². The Hall–Kier alpha value is -2.60. The van der Waals surface area contributed by atoms with Crippen LogP contribution in [0.3, 0.4) is 0 Å². The minimum absolute atomic E-state index is 0.441. The molecule has 0 aliphatic heterocycles. The van der Waals surface area contributed by atoms with E-state index in [1.807, 2.05) is 30.3 Å². The first kappa shape index (κ1) is 17.7. The van der Waals surface area contributed by atoms with Crippen molar-refractivity contribution >= 4 is 23.5 Å². The van der Waals surface area contributed by atoms with Crippen molar-refractivity contribution < 1.29 is 9.47 Å². The Balaban J connectivity index is 2.16. The molecule has 0 spiro atoms. The Morgan fingerprint density at radius 3 is 2.62 bits per heavy atom. The van der Waals surface area contributed by atoms with E-state index >= 15 is 0 Å². The van der Waals surface area contributed by atoms with Crippen LogP contribution in [0.15, 0.2) is 47.6 Å². The third kappa shape index (κ3) is 4.96. The molecule has 2 rings (SSSR count). The van der Waals surface area contributed by atoms with Crippen LogP contribution >= 0.6 is 12.2 Å². The second-order valence-electron chi connectivity index (χ2n) is 5.10. The summed E-state index contributed by atoms with van der Waals surface area (Å²) >= 11 is 4.99. The zero-order valence-electron chi connectivity index (χ0n) is 14.0. The molecule has 24 heavy (non-hydrogen) atoms. The maximum absolute atomic E-state index is 5.98. The molecule has 0 bridgehead atoms. The van der Waals surface area contributed by atoms with Crippen molar-refractivity contribution in [2.45, 2.75) is 13.5 Å². The number of ether oxygens (including phenoxy) is 2. The van der Waals surface area contributed by atoms with Gasteiger partial charge in [-0.05, 0) is 36.8 Å². The van der Waals surface area contributed by atoms with Crippen molar-refractivity contribution in [3.05, 3.63) is 59.2 Å². The van der Waals surface area contributed by atoms with Crippen LogP contribution in [-0.2, 0) is 6.61 Å². The first-order chi connectivity index (χ1) is 11.6. The van der Waals surface area contributed by atoms with Crippen LogP contribution in [0.25, 0.3) is 0 Å². The third-order valence-electron chi connectivity index (χ3n) is 3.33. The lowest BCUT2D eigenvalue weighted by atomic mass is 10.1. The highest BCUT2D eigenvalue weighted by Gasteiger charge is 2.09. The summed E-state index contributed by atoms with van der Waals surface area (Å²) in [6, 6.07) is 13.9. The smallest absolute Gasteiger partial charge is 0.186 e. The van der Waals surface area contributed by atoms with Gasteiger partial charge in [0.15, 0.2) is 16.6 Å². The molecule has 0 unspecified atom stereocenters. The zero-order valence-corrected chi connectivity index (χ0v) is 14.8. The summed E-state index contributed by atoms with van der Waals surface area (Å²) in [5.41, 5.74) is 5.82. The van der Waals surface area contributed by atoms with Crippen LogP contribution in [-0.4, -0.2) is 25.5 Å². The Morgan fingerprint density at radius 2 is 1.96 bits per heavy atom. The lowest BCUT2D eigenvalue weighted by Crippen LogP contribution is -2.28. The Labute approximate surface area is 147 Å². The van der Waals surface area contributed by atoms with Crippen molar-refractivity contribution in [1.82, 2.24) is 10.7 Å². The number of methoxy groups -OCH3 is 1. The number of hydrogen-bond acceptors (Lipinski definition) is 4. The molecule has 0 aliphatic rings. The average molecular weight is 343 g/mol. The molecule has 0 aliphatic carbocycles. The lowest BCUT2D eigenvalue weighted by molar-refractivity contribution is 0.284. The maximum atomic E-state index is 5.98. The van der Waals surface area contributed by atoms with Crippen LogP contribution in [0.5, 0.6) is 11.5 Å². The van der Waals surface area contributed by atoms with Gasteiger partial charge in [0.05, 0.1) is 13.3 Å². The SMILES string of the molecule is CNC(=S)N/N=C/c1cccc(OC)c1OCc1ccc(C)cc1. The van der Waals surface area contributed by atoms with E-state index in [2.05, 4.69) is 34.9 Å². The van der Waals surface area contributed by atoms with Gasteiger partial charge in [0.1, 0.15) is 6.61 Å². The molecular formula is C18H21N3O2S. The highest BCUT2D eigenvalue weighted by Crippen LogP contribution is 2.30. The van der Waals surface area contributed by atoms with E-state index in [0.717, 1.165) is 11.1 Å². The van der Waals surface area contributed by atoms with Gasteiger partial charge in [0, 0.05) is 12.6 Å². The van der Waals surface area contributed by atoms with E-state index in [-0.39, 0.29) is 0 Å². The van der Waals surface area contributed by atoms with Gasteiger partial charge in [-0.25, -0.2) is 0 Å². The zero-order chi connectivity index (χ0) is 17.4. The third-order valence-corrected chi connectivity index (χ3v) is 3.63. The number of hydrogen-bond donors (Lipinski definition) is 2. The number of para-hydroxylation sites is 1. The van der Waals surface area contributed by atoms with Crippen molar-refractivity contribution in [2.24, 2.45) is 5.10 Å². The highest BCUT2D eigenvalue weighted by molar-refractivity contribution is 7.80. The van der Waals surface area contributed by atoms with E-state index in [0.29, 0.717) is 23.2 Å². The average Bonchev–Trinajstić information content (AvgIpc) is 2.61. The summed E-state index contributed by atoms with van der Waals surface area (Å²) in [6.07, 6.45) is 1.65. The van der Waals surface area contributed by atoms with Crippen molar-refractivity contribution in [2.75, 3.05) is 14.2 Å². The molecule has 0 aromatic heterocycles. The molecular weight excluding hydrogens is 322 g/mol. The van der Waals surface area contributed by atoms with E-state index in [4.69, 9.17) is 21.7 Å². The van der Waals surface area contributed by atoms with E-state index < -0.39 is 0 Å². The molecule has 5 nitrogen and oxygen atoms in total. The van der Waals surface area contributed by atoms with Crippen LogP contribution < -0.4 is 20.2 Å². The fourth-order valence-electron chi connectivity index (χ4n) is 2.01. The molecule has 0 atom stereocenters.